The van der Waals surface area contributed by atoms with Gasteiger partial charge in [0, 0.05) is 11.6 Å². The zero-order valence-corrected chi connectivity index (χ0v) is 11.6. The molecule has 0 radical (unpaired) electrons. The second-order valence-electron chi connectivity index (χ2n) is 4.94. The Morgan fingerprint density at radius 2 is 2.17 bits per heavy atom. The number of carbonyl (C=O) groups excluding carboxylic acids is 1. The fraction of sp³-hybridized carbons (Fsp3) is 0.462. The first-order chi connectivity index (χ1) is 8.40. The summed E-state index contributed by atoms with van der Waals surface area (Å²) in [6, 6.07) is 4.73. The van der Waals surface area contributed by atoms with Crippen LogP contribution in [0, 0.1) is 5.92 Å². The minimum Gasteiger partial charge on any atom is -0.388 e. The molecule has 2 rings (SSSR count). The molecular formula is C13H15Cl2NO2. The number of rotatable bonds is 4. The van der Waals surface area contributed by atoms with Gasteiger partial charge in [0.15, 0.2) is 0 Å². The Bertz CT molecular complexity index is 470. The lowest BCUT2D eigenvalue weighted by Crippen LogP contribution is -2.42. The highest BCUT2D eigenvalue weighted by molar-refractivity contribution is 6.35. The van der Waals surface area contributed by atoms with Crippen LogP contribution in [-0.2, 0) is 0 Å². The lowest BCUT2D eigenvalue weighted by Gasteiger charge is -2.23. The first-order valence-electron chi connectivity index (χ1n) is 5.86. The van der Waals surface area contributed by atoms with E-state index in [1.54, 1.807) is 19.1 Å². The fourth-order valence-electron chi connectivity index (χ4n) is 1.88. The average Bonchev–Trinajstić information content (AvgIpc) is 3.13. The first-order valence-corrected chi connectivity index (χ1v) is 6.61. The van der Waals surface area contributed by atoms with Gasteiger partial charge in [-0.25, -0.2) is 0 Å². The number of halogens is 2. The third-order valence-corrected chi connectivity index (χ3v) is 3.80. The van der Waals surface area contributed by atoms with Crippen molar-refractivity contribution >= 4 is 29.1 Å². The molecule has 1 aliphatic carbocycles. The second-order valence-corrected chi connectivity index (χ2v) is 5.78. The number of carbonyl (C=O) groups is 1. The number of amides is 1. The molecule has 1 unspecified atom stereocenters. The van der Waals surface area contributed by atoms with E-state index in [2.05, 4.69) is 5.32 Å². The first kappa shape index (κ1) is 13.7. The minimum atomic E-state index is -0.847. The molecule has 18 heavy (non-hydrogen) atoms. The van der Waals surface area contributed by atoms with Crippen LogP contribution in [0.2, 0.25) is 10.0 Å². The highest BCUT2D eigenvalue weighted by Crippen LogP contribution is 2.39. The van der Waals surface area contributed by atoms with Crippen LogP contribution in [0.25, 0.3) is 0 Å². The molecule has 1 amide bonds. The molecule has 1 aromatic rings. The highest BCUT2D eigenvalue weighted by atomic mass is 35.5. The van der Waals surface area contributed by atoms with Crippen LogP contribution in [0.4, 0.5) is 0 Å². The Balaban J connectivity index is 2.01. The molecule has 0 bridgehead atoms. The van der Waals surface area contributed by atoms with E-state index in [0.717, 1.165) is 12.8 Å². The third kappa shape index (κ3) is 3.16. The third-order valence-electron chi connectivity index (χ3n) is 3.24. The molecule has 1 atom stereocenters. The van der Waals surface area contributed by atoms with Crippen molar-refractivity contribution in [2.24, 2.45) is 5.92 Å². The van der Waals surface area contributed by atoms with Gasteiger partial charge in [0.25, 0.3) is 5.91 Å². The molecule has 1 fully saturated rings. The van der Waals surface area contributed by atoms with E-state index in [0.29, 0.717) is 15.6 Å². The molecule has 1 aromatic carbocycles. The molecule has 0 aromatic heterocycles. The van der Waals surface area contributed by atoms with Crippen LogP contribution in [0.1, 0.15) is 30.1 Å². The van der Waals surface area contributed by atoms with Gasteiger partial charge in [-0.05, 0) is 43.9 Å². The summed E-state index contributed by atoms with van der Waals surface area (Å²) < 4.78 is 0. The molecule has 0 spiro atoms. The Labute approximate surface area is 116 Å². The van der Waals surface area contributed by atoms with Crippen molar-refractivity contribution in [2.45, 2.75) is 25.4 Å². The van der Waals surface area contributed by atoms with Crippen molar-refractivity contribution < 1.29 is 9.90 Å². The van der Waals surface area contributed by atoms with E-state index in [9.17, 15) is 9.90 Å². The Morgan fingerprint density at radius 1 is 1.50 bits per heavy atom. The van der Waals surface area contributed by atoms with Gasteiger partial charge in [0.05, 0.1) is 16.2 Å². The Hall–Kier alpha value is -0.770. The smallest absolute Gasteiger partial charge is 0.252 e. The van der Waals surface area contributed by atoms with Crippen LogP contribution in [0.3, 0.4) is 0 Å². The maximum atomic E-state index is 11.9. The number of aliphatic hydroxyl groups is 1. The maximum Gasteiger partial charge on any atom is 0.252 e. The lowest BCUT2D eigenvalue weighted by atomic mass is 10.0. The van der Waals surface area contributed by atoms with Crippen molar-refractivity contribution in [3.05, 3.63) is 33.8 Å². The minimum absolute atomic E-state index is 0.222. The van der Waals surface area contributed by atoms with Gasteiger partial charge in [-0.3, -0.25) is 4.79 Å². The van der Waals surface area contributed by atoms with Crippen molar-refractivity contribution in [1.29, 1.82) is 0 Å². The summed E-state index contributed by atoms with van der Waals surface area (Å²) in [6.45, 7) is 1.96. The Morgan fingerprint density at radius 3 is 2.78 bits per heavy atom. The van der Waals surface area contributed by atoms with Gasteiger partial charge in [-0.2, -0.15) is 0 Å². The zero-order chi connectivity index (χ0) is 13.3. The van der Waals surface area contributed by atoms with Crippen LogP contribution in [-0.4, -0.2) is 23.2 Å². The lowest BCUT2D eigenvalue weighted by molar-refractivity contribution is 0.0354. The standard InChI is InChI=1S/C13H15Cl2NO2/c1-13(18,8-2-3-8)7-16-12(17)10-6-9(14)4-5-11(10)15/h4-6,8,18H,2-3,7H2,1H3,(H,16,17). The van der Waals surface area contributed by atoms with Gasteiger partial charge in [0.1, 0.15) is 0 Å². The number of hydrogen-bond donors (Lipinski definition) is 2. The molecule has 0 aliphatic heterocycles. The molecule has 1 saturated carbocycles. The van der Waals surface area contributed by atoms with Crippen molar-refractivity contribution in [2.75, 3.05) is 6.54 Å². The molecule has 5 heteroatoms. The van der Waals surface area contributed by atoms with Gasteiger partial charge >= 0.3 is 0 Å². The van der Waals surface area contributed by atoms with Gasteiger partial charge in [-0.1, -0.05) is 23.2 Å². The summed E-state index contributed by atoms with van der Waals surface area (Å²) in [7, 11) is 0. The van der Waals surface area contributed by atoms with E-state index in [-0.39, 0.29) is 18.4 Å². The molecule has 2 N–H and O–H groups in total. The predicted molar refractivity (Wildman–Crippen MR) is 72.1 cm³/mol. The Kier molecular flexibility index (Phi) is 3.85. The molecule has 0 saturated heterocycles. The number of hydrogen-bond acceptors (Lipinski definition) is 2. The normalized spacial score (nSPS) is 18.2. The molecule has 98 valence electrons. The molecule has 3 nitrogen and oxygen atoms in total. The monoisotopic (exact) mass is 287 g/mol. The van der Waals surface area contributed by atoms with Crippen molar-refractivity contribution in [3.63, 3.8) is 0 Å². The number of nitrogens with one attached hydrogen (secondary N) is 1. The van der Waals surface area contributed by atoms with Crippen molar-refractivity contribution in [1.82, 2.24) is 5.32 Å². The topological polar surface area (TPSA) is 49.3 Å². The quantitative estimate of drug-likeness (QED) is 0.895. The summed E-state index contributed by atoms with van der Waals surface area (Å²) in [5.74, 6) is -0.0314. The fourth-order valence-corrected chi connectivity index (χ4v) is 2.25. The van der Waals surface area contributed by atoms with E-state index in [4.69, 9.17) is 23.2 Å². The SMILES string of the molecule is CC(O)(CNC(=O)c1cc(Cl)ccc1Cl)C1CC1. The van der Waals surface area contributed by atoms with Crippen molar-refractivity contribution in [3.8, 4) is 0 Å². The molecule has 1 aliphatic rings. The summed E-state index contributed by atoms with van der Waals surface area (Å²) >= 11 is 11.8. The summed E-state index contributed by atoms with van der Waals surface area (Å²) in [5, 5.41) is 13.6. The highest BCUT2D eigenvalue weighted by Gasteiger charge is 2.40. The van der Waals surface area contributed by atoms with Gasteiger partial charge in [-0.15, -0.1) is 0 Å². The summed E-state index contributed by atoms with van der Waals surface area (Å²) in [5.41, 5.74) is -0.517. The molecule has 0 heterocycles. The van der Waals surface area contributed by atoms with E-state index < -0.39 is 5.60 Å². The van der Waals surface area contributed by atoms with Gasteiger partial charge in [0.2, 0.25) is 0 Å². The summed E-state index contributed by atoms with van der Waals surface area (Å²) in [4.78, 5) is 11.9. The van der Waals surface area contributed by atoms with E-state index >= 15 is 0 Å². The largest absolute Gasteiger partial charge is 0.388 e. The van der Waals surface area contributed by atoms with Gasteiger partial charge < -0.3 is 10.4 Å². The average molecular weight is 288 g/mol. The summed E-state index contributed by atoms with van der Waals surface area (Å²) in [6.07, 6.45) is 2.03. The van der Waals surface area contributed by atoms with Crippen LogP contribution < -0.4 is 5.32 Å². The van der Waals surface area contributed by atoms with Crippen LogP contribution >= 0.6 is 23.2 Å². The van der Waals surface area contributed by atoms with Crippen LogP contribution in [0.5, 0.6) is 0 Å². The molecular weight excluding hydrogens is 273 g/mol. The maximum absolute atomic E-state index is 11.9. The van der Waals surface area contributed by atoms with E-state index in [1.807, 2.05) is 0 Å². The van der Waals surface area contributed by atoms with Crippen LogP contribution in [0.15, 0.2) is 18.2 Å². The second kappa shape index (κ2) is 5.08. The van der Waals surface area contributed by atoms with E-state index in [1.165, 1.54) is 6.07 Å². The predicted octanol–water partition coefficient (Wildman–Crippen LogP) is 2.88. The zero-order valence-electron chi connectivity index (χ0n) is 10.0. The number of benzene rings is 1.